The van der Waals surface area contributed by atoms with Gasteiger partial charge in [0, 0.05) is 5.31 Å². The van der Waals surface area contributed by atoms with Crippen molar-refractivity contribution in [1.82, 2.24) is 0 Å². The maximum Gasteiger partial charge on any atom is 0.464 e. The van der Waals surface area contributed by atoms with Crippen LogP contribution in [-0.4, -0.2) is 26.7 Å². The van der Waals surface area contributed by atoms with Gasteiger partial charge in [0.1, 0.15) is 10.6 Å². The molecule has 6 rings (SSSR count). The van der Waals surface area contributed by atoms with Crippen molar-refractivity contribution in [3.63, 3.8) is 0 Å². The van der Waals surface area contributed by atoms with Crippen molar-refractivity contribution < 1.29 is 21.9 Å². The van der Waals surface area contributed by atoms with Gasteiger partial charge in [0.05, 0.1) is 11.2 Å². The van der Waals surface area contributed by atoms with Crippen LogP contribution in [0, 0.1) is 6.92 Å². The lowest BCUT2D eigenvalue weighted by molar-refractivity contribution is -0.0383. The molecule has 2 aromatic rings. The molecule has 31 heavy (non-hydrogen) atoms. The molecule has 7 heteroatoms. The number of hydrogen-bond acceptors (Lipinski definition) is 5. The standard InChI is InChI=1S/C24H29BO5S/c1-17-6-12-20(13-7-17)31(26,27)28-19-10-8-18(9-11-19)23-14-24(15-23,16-23)25-29-21(2,3)22(4,5)30-25/h6-13H,14-16H2,1-5H3. The minimum absolute atomic E-state index is 0.106. The lowest BCUT2D eigenvalue weighted by Crippen LogP contribution is -2.66. The first-order valence-corrected chi connectivity index (χ1v) is 12.2. The van der Waals surface area contributed by atoms with E-state index in [4.69, 9.17) is 13.5 Å². The molecule has 0 atom stereocenters. The second kappa shape index (κ2) is 6.36. The van der Waals surface area contributed by atoms with Crippen molar-refractivity contribution in [2.75, 3.05) is 0 Å². The van der Waals surface area contributed by atoms with Crippen LogP contribution in [-0.2, 0) is 24.8 Å². The summed E-state index contributed by atoms with van der Waals surface area (Å²) in [6, 6.07) is 14.1. The van der Waals surface area contributed by atoms with Crippen LogP contribution in [0.1, 0.15) is 58.1 Å². The van der Waals surface area contributed by atoms with E-state index in [1.165, 1.54) is 5.56 Å². The fourth-order valence-electron chi connectivity index (χ4n) is 5.26. The molecule has 164 valence electrons. The first-order valence-electron chi connectivity index (χ1n) is 10.8. The Morgan fingerprint density at radius 3 is 1.87 bits per heavy atom. The highest BCUT2D eigenvalue weighted by Crippen LogP contribution is 2.80. The quantitative estimate of drug-likeness (QED) is 0.482. The van der Waals surface area contributed by atoms with Gasteiger partial charge in [-0.2, -0.15) is 8.42 Å². The highest BCUT2D eigenvalue weighted by molar-refractivity contribution is 7.87. The van der Waals surface area contributed by atoms with Gasteiger partial charge in [-0.15, -0.1) is 0 Å². The van der Waals surface area contributed by atoms with Gasteiger partial charge in [-0.3, -0.25) is 0 Å². The summed E-state index contributed by atoms with van der Waals surface area (Å²) in [5.41, 5.74) is 1.77. The maximum atomic E-state index is 12.5. The molecule has 3 aliphatic carbocycles. The number of hydrogen-bond donors (Lipinski definition) is 0. The van der Waals surface area contributed by atoms with Crippen molar-refractivity contribution in [3.8, 4) is 5.75 Å². The third kappa shape index (κ3) is 3.16. The van der Waals surface area contributed by atoms with Gasteiger partial charge in [-0.1, -0.05) is 29.8 Å². The molecule has 1 heterocycles. The normalized spacial score (nSPS) is 30.4. The van der Waals surface area contributed by atoms with Crippen LogP contribution in [0.3, 0.4) is 0 Å². The van der Waals surface area contributed by atoms with E-state index in [-0.39, 0.29) is 33.9 Å². The third-order valence-electron chi connectivity index (χ3n) is 7.81. The summed E-state index contributed by atoms with van der Waals surface area (Å²) in [4.78, 5) is 0.158. The van der Waals surface area contributed by atoms with Crippen LogP contribution in [0.4, 0.5) is 0 Å². The summed E-state index contributed by atoms with van der Waals surface area (Å²) < 4.78 is 43.0. The van der Waals surface area contributed by atoms with Gasteiger partial charge in [0.25, 0.3) is 0 Å². The molecule has 1 saturated heterocycles. The summed E-state index contributed by atoms with van der Waals surface area (Å²) >= 11 is 0. The summed E-state index contributed by atoms with van der Waals surface area (Å²) in [5.74, 6) is 0.330. The van der Waals surface area contributed by atoms with E-state index in [9.17, 15) is 8.42 Å². The zero-order valence-corrected chi connectivity index (χ0v) is 19.6. The van der Waals surface area contributed by atoms with Crippen LogP contribution >= 0.6 is 0 Å². The molecule has 5 nitrogen and oxygen atoms in total. The van der Waals surface area contributed by atoms with E-state index in [1.807, 2.05) is 19.1 Å². The Kier molecular flexibility index (Phi) is 4.32. The van der Waals surface area contributed by atoms with E-state index in [2.05, 4.69) is 27.7 Å². The van der Waals surface area contributed by atoms with Gasteiger partial charge in [-0.05, 0) is 89.1 Å². The molecule has 0 unspecified atom stereocenters. The van der Waals surface area contributed by atoms with Gasteiger partial charge >= 0.3 is 17.2 Å². The van der Waals surface area contributed by atoms with Crippen LogP contribution < -0.4 is 4.18 Å². The smallest absolute Gasteiger partial charge is 0.403 e. The molecule has 4 fully saturated rings. The Balaban J connectivity index is 1.25. The Hall–Kier alpha value is -1.83. The van der Waals surface area contributed by atoms with E-state index in [0.29, 0.717) is 5.75 Å². The maximum absolute atomic E-state index is 12.5. The molecule has 1 aliphatic heterocycles. The zero-order valence-electron chi connectivity index (χ0n) is 18.8. The second-order valence-corrected chi connectivity index (χ2v) is 12.2. The molecule has 0 radical (unpaired) electrons. The molecule has 0 spiro atoms. The Labute approximate surface area is 185 Å². The Bertz CT molecular complexity index is 1080. The minimum Gasteiger partial charge on any atom is -0.403 e. The molecule has 0 amide bonds. The zero-order chi connectivity index (χ0) is 22.3. The minimum atomic E-state index is -3.84. The number of aryl methyl sites for hydroxylation is 1. The summed E-state index contributed by atoms with van der Waals surface area (Å²) in [5, 5.41) is 0.106. The largest absolute Gasteiger partial charge is 0.464 e. The van der Waals surface area contributed by atoms with Crippen LogP contribution in [0.5, 0.6) is 5.75 Å². The molecule has 4 aliphatic rings. The predicted octanol–water partition coefficient (Wildman–Crippen LogP) is 5.03. The van der Waals surface area contributed by atoms with E-state index >= 15 is 0 Å². The van der Waals surface area contributed by atoms with Crippen molar-refractivity contribution in [2.24, 2.45) is 0 Å². The monoisotopic (exact) mass is 440 g/mol. The lowest BCUT2D eigenvalue weighted by atomic mass is 9.23. The van der Waals surface area contributed by atoms with Crippen molar-refractivity contribution in [2.45, 2.75) is 80.7 Å². The van der Waals surface area contributed by atoms with Crippen molar-refractivity contribution >= 4 is 17.2 Å². The predicted molar refractivity (Wildman–Crippen MR) is 120 cm³/mol. The van der Waals surface area contributed by atoms with E-state index < -0.39 is 10.1 Å². The van der Waals surface area contributed by atoms with Crippen LogP contribution in [0.25, 0.3) is 0 Å². The molecule has 0 N–H and O–H groups in total. The second-order valence-electron chi connectivity index (χ2n) is 10.6. The summed E-state index contributed by atoms with van der Waals surface area (Å²) in [7, 11) is -3.99. The fourth-order valence-corrected chi connectivity index (χ4v) is 6.19. The Morgan fingerprint density at radius 1 is 0.839 bits per heavy atom. The number of benzene rings is 2. The number of rotatable bonds is 5. The Morgan fingerprint density at radius 2 is 1.35 bits per heavy atom. The van der Waals surface area contributed by atoms with Gasteiger partial charge in [0.15, 0.2) is 0 Å². The third-order valence-corrected chi connectivity index (χ3v) is 9.07. The first-order chi connectivity index (χ1) is 14.4. The molecule has 2 bridgehead atoms. The van der Waals surface area contributed by atoms with Crippen molar-refractivity contribution in [1.29, 1.82) is 0 Å². The fraction of sp³-hybridized carbons (Fsp3) is 0.500. The van der Waals surface area contributed by atoms with Crippen molar-refractivity contribution in [3.05, 3.63) is 59.7 Å². The topological polar surface area (TPSA) is 61.8 Å². The molecular formula is C24H29BO5S. The molecular weight excluding hydrogens is 411 g/mol. The lowest BCUT2D eigenvalue weighted by Gasteiger charge is -2.71. The average Bonchev–Trinajstić information content (AvgIpc) is 2.81. The SMILES string of the molecule is Cc1ccc(S(=O)(=O)Oc2ccc(C34CC(B5OC(C)(C)C(C)(C)O5)(C3)C4)cc2)cc1. The molecule has 0 aromatic heterocycles. The highest BCUT2D eigenvalue weighted by Gasteiger charge is 2.76. The van der Waals surface area contributed by atoms with E-state index in [1.54, 1.807) is 36.4 Å². The summed E-state index contributed by atoms with van der Waals surface area (Å²) in [6.45, 7) is 10.3. The highest BCUT2D eigenvalue weighted by atomic mass is 32.2. The van der Waals surface area contributed by atoms with Gasteiger partial charge in [-0.25, -0.2) is 0 Å². The summed E-state index contributed by atoms with van der Waals surface area (Å²) in [6.07, 6.45) is 3.12. The van der Waals surface area contributed by atoms with Crippen LogP contribution in [0.15, 0.2) is 53.4 Å². The van der Waals surface area contributed by atoms with Gasteiger partial charge in [0.2, 0.25) is 0 Å². The molecule has 3 saturated carbocycles. The van der Waals surface area contributed by atoms with Gasteiger partial charge < -0.3 is 13.5 Å². The van der Waals surface area contributed by atoms with Crippen LogP contribution in [0.2, 0.25) is 5.31 Å². The first kappa shape index (κ1) is 21.0. The average molecular weight is 440 g/mol. The van der Waals surface area contributed by atoms with E-state index in [0.717, 1.165) is 24.8 Å². The molecule has 2 aromatic carbocycles.